The van der Waals surface area contributed by atoms with E-state index in [2.05, 4.69) is 25.7 Å². The first-order valence-corrected chi connectivity index (χ1v) is 15.4. The summed E-state index contributed by atoms with van der Waals surface area (Å²) < 4.78 is 1.25. The Morgan fingerprint density at radius 2 is 2.17 bits per heavy atom. The number of aromatic amines is 1. The number of rotatable bonds is 11. The lowest BCUT2D eigenvalue weighted by molar-refractivity contribution is -0.150. The maximum Gasteiger partial charge on any atom is 0.352 e. The smallest absolute Gasteiger partial charge is 0.352 e. The molecule has 0 spiro atoms. The number of nitrogen functional groups attached to an aromatic ring is 1. The monoisotopic (exact) mass is 626 g/mol. The Kier molecular flexibility index (Phi) is 9.38. The van der Waals surface area contributed by atoms with E-state index in [-0.39, 0.29) is 39.7 Å². The maximum absolute atomic E-state index is 13.0. The second-order valence-corrected chi connectivity index (χ2v) is 11.8. The number of allylic oxidation sites excluding steroid dienone is 1. The third kappa shape index (κ3) is 5.96. The van der Waals surface area contributed by atoms with Crippen LogP contribution in [0.15, 0.2) is 48.0 Å². The molecule has 0 aliphatic carbocycles. The summed E-state index contributed by atoms with van der Waals surface area (Å²) in [6.07, 6.45) is 3.38. The van der Waals surface area contributed by atoms with Crippen LogP contribution in [-0.4, -0.2) is 89.5 Å². The number of carbonyl (C=O) groups excluding carboxylic acids is 2. The summed E-state index contributed by atoms with van der Waals surface area (Å²) >= 11 is 4.89. The SMILES string of the molecule is CO/N=C(\C(=O)NC1C(=O)N2C(C(=O)O)=C(/C=C/Sc3n[nH]c(=O)c(=O)n3CCSC)CSC12)c1csc(N)n1. The third-order valence-electron chi connectivity index (χ3n) is 5.53. The van der Waals surface area contributed by atoms with Crippen molar-refractivity contribution >= 4 is 75.2 Å². The van der Waals surface area contributed by atoms with Crippen LogP contribution in [0.25, 0.3) is 0 Å². The summed E-state index contributed by atoms with van der Waals surface area (Å²) in [6, 6.07) is -0.999. The second kappa shape index (κ2) is 12.7. The average Bonchev–Trinajstić information content (AvgIpc) is 3.36. The van der Waals surface area contributed by atoms with Gasteiger partial charge >= 0.3 is 17.1 Å². The van der Waals surface area contributed by atoms with E-state index in [4.69, 9.17) is 10.6 Å². The fraction of sp³-hybridized carbons (Fsp3) is 0.333. The molecule has 2 aromatic heterocycles. The van der Waals surface area contributed by atoms with Gasteiger partial charge in [-0.05, 0) is 23.3 Å². The van der Waals surface area contributed by atoms with Crippen LogP contribution in [-0.2, 0) is 25.8 Å². The van der Waals surface area contributed by atoms with Crippen LogP contribution >= 0.6 is 46.6 Å². The van der Waals surface area contributed by atoms with Crippen molar-refractivity contribution in [3.05, 3.63) is 54.5 Å². The van der Waals surface area contributed by atoms with Gasteiger partial charge in [0.15, 0.2) is 16.0 Å². The average molecular weight is 627 g/mol. The number of anilines is 1. The maximum atomic E-state index is 13.0. The van der Waals surface area contributed by atoms with E-state index in [1.165, 1.54) is 52.1 Å². The molecule has 19 heteroatoms. The summed E-state index contributed by atoms with van der Waals surface area (Å²) in [6.45, 7) is 0.274. The van der Waals surface area contributed by atoms with Gasteiger partial charge in [-0.3, -0.25) is 28.6 Å². The van der Waals surface area contributed by atoms with Gasteiger partial charge in [0, 0.05) is 23.4 Å². The normalized spacial score (nSPS) is 19.0. The van der Waals surface area contributed by atoms with Crippen molar-refractivity contribution in [3.63, 3.8) is 0 Å². The van der Waals surface area contributed by atoms with Crippen LogP contribution in [0.4, 0.5) is 5.13 Å². The van der Waals surface area contributed by atoms with Crippen molar-refractivity contribution in [2.45, 2.75) is 23.1 Å². The molecule has 5 N–H and O–H groups in total. The minimum Gasteiger partial charge on any atom is -0.477 e. The van der Waals surface area contributed by atoms with Gasteiger partial charge in [0.1, 0.15) is 29.9 Å². The molecule has 4 rings (SSSR count). The van der Waals surface area contributed by atoms with Gasteiger partial charge in [0.2, 0.25) is 0 Å². The summed E-state index contributed by atoms with van der Waals surface area (Å²) in [5, 5.41) is 25.1. The van der Waals surface area contributed by atoms with E-state index in [0.29, 0.717) is 11.3 Å². The number of thiazole rings is 1. The van der Waals surface area contributed by atoms with Crippen molar-refractivity contribution in [1.82, 2.24) is 30.0 Å². The molecule has 2 aliphatic rings. The number of thioether (sulfide) groups is 3. The molecule has 40 heavy (non-hydrogen) atoms. The molecular weight excluding hydrogens is 605 g/mol. The highest BCUT2D eigenvalue weighted by Gasteiger charge is 2.54. The van der Waals surface area contributed by atoms with Gasteiger partial charge in [-0.2, -0.15) is 11.8 Å². The minimum atomic E-state index is -1.31. The first kappa shape index (κ1) is 29.4. The van der Waals surface area contributed by atoms with E-state index < -0.39 is 40.3 Å². The van der Waals surface area contributed by atoms with Gasteiger partial charge in [0.25, 0.3) is 11.8 Å². The first-order valence-electron chi connectivity index (χ1n) is 11.2. The number of carboxylic acid groups (broad SMARTS) is 1. The van der Waals surface area contributed by atoms with Gasteiger partial charge in [0.05, 0.1) is 0 Å². The number of nitrogens with two attached hydrogens (primary N) is 1. The second-order valence-electron chi connectivity index (χ2n) is 7.94. The molecule has 2 aliphatic heterocycles. The molecule has 0 radical (unpaired) electrons. The van der Waals surface area contributed by atoms with Crippen molar-refractivity contribution in [2.75, 3.05) is 30.6 Å². The van der Waals surface area contributed by atoms with Crippen LogP contribution in [0, 0.1) is 0 Å². The predicted octanol–water partition coefficient (Wildman–Crippen LogP) is -0.272. The quantitative estimate of drug-likeness (QED) is 0.0832. The number of oxime groups is 1. The van der Waals surface area contributed by atoms with Crippen LogP contribution in [0.2, 0.25) is 0 Å². The number of β-lactam (4-membered cyclic amide) rings is 1. The Labute approximate surface area is 242 Å². The number of aliphatic carboxylic acids is 1. The summed E-state index contributed by atoms with van der Waals surface area (Å²) in [5.41, 5.74) is 4.19. The molecule has 212 valence electrons. The molecule has 2 atom stereocenters. The minimum absolute atomic E-state index is 0.175. The van der Waals surface area contributed by atoms with Crippen LogP contribution in [0.5, 0.6) is 0 Å². The molecule has 2 aromatic rings. The lowest BCUT2D eigenvalue weighted by Gasteiger charge is -2.49. The van der Waals surface area contributed by atoms with Gasteiger partial charge in [-0.15, -0.1) is 28.2 Å². The molecule has 2 amide bonds. The van der Waals surface area contributed by atoms with Gasteiger partial charge in [-0.1, -0.05) is 16.9 Å². The fourth-order valence-corrected chi connectivity index (χ4v) is 6.72. The van der Waals surface area contributed by atoms with E-state index in [9.17, 15) is 29.1 Å². The zero-order valence-corrected chi connectivity index (χ0v) is 24.1. The zero-order chi connectivity index (χ0) is 29.0. The number of nitrogens with one attached hydrogen (secondary N) is 2. The van der Waals surface area contributed by atoms with Crippen LogP contribution in [0.3, 0.4) is 0 Å². The number of fused-ring (bicyclic) bond motifs is 1. The topological polar surface area (TPSA) is 215 Å². The highest BCUT2D eigenvalue weighted by Crippen LogP contribution is 2.41. The number of aromatic nitrogens is 4. The first-order chi connectivity index (χ1) is 19.2. The Hall–Kier alpha value is -3.55. The van der Waals surface area contributed by atoms with Crippen LogP contribution in [0.1, 0.15) is 5.69 Å². The molecule has 0 aromatic carbocycles. The number of nitrogens with zero attached hydrogens (tertiary/aromatic N) is 5. The van der Waals surface area contributed by atoms with Crippen LogP contribution < -0.4 is 22.2 Å². The predicted molar refractivity (Wildman–Crippen MR) is 152 cm³/mol. The standard InChI is InChI=1S/C21H22N8O7S4/c1-36-27-11(10-8-40-20(22)23-10)14(30)24-12-16(32)29-13(19(34)35)9(7-39-18(12)29)3-5-38-21-26-25-15(31)17(33)28(21)4-6-37-2/h3,5,8,12,18H,4,6-7H2,1-2H3,(H2,22,23)(H,24,30)(H,25,31)(H,34,35)/b5-3+,27-11-. The number of H-pyrrole nitrogens is 1. The van der Waals surface area contributed by atoms with Crippen molar-refractivity contribution in [2.24, 2.45) is 5.16 Å². The fourth-order valence-electron chi connectivity index (χ4n) is 3.74. The molecular formula is C21H22N8O7S4. The summed E-state index contributed by atoms with van der Waals surface area (Å²) in [5.74, 6) is -1.84. The van der Waals surface area contributed by atoms with E-state index in [0.717, 1.165) is 28.0 Å². The molecule has 15 nitrogen and oxygen atoms in total. The summed E-state index contributed by atoms with van der Waals surface area (Å²) in [4.78, 5) is 71.8. The number of hydrogen-bond acceptors (Lipinski definition) is 14. The molecule has 1 saturated heterocycles. The van der Waals surface area contributed by atoms with E-state index in [1.54, 1.807) is 0 Å². The molecule has 2 unspecified atom stereocenters. The summed E-state index contributed by atoms with van der Waals surface area (Å²) in [7, 11) is 1.25. The Morgan fingerprint density at radius 3 is 2.83 bits per heavy atom. The Balaban J connectivity index is 1.51. The lowest BCUT2D eigenvalue weighted by atomic mass is 10.0. The number of carbonyl (C=O) groups is 3. The highest BCUT2D eigenvalue weighted by atomic mass is 32.2. The van der Waals surface area contributed by atoms with Gasteiger partial charge < -0.3 is 21.0 Å². The van der Waals surface area contributed by atoms with E-state index >= 15 is 0 Å². The van der Waals surface area contributed by atoms with Crippen molar-refractivity contribution < 1.29 is 24.3 Å². The lowest BCUT2D eigenvalue weighted by Crippen LogP contribution is -2.71. The highest BCUT2D eigenvalue weighted by molar-refractivity contribution is 8.02. The molecule has 0 saturated carbocycles. The Morgan fingerprint density at radius 1 is 1.40 bits per heavy atom. The van der Waals surface area contributed by atoms with E-state index in [1.807, 2.05) is 6.26 Å². The number of hydrogen-bond donors (Lipinski definition) is 4. The molecule has 1 fully saturated rings. The van der Waals surface area contributed by atoms with Crippen molar-refractivity contribution in [1.29, 1.82) is 0 Å². The molecule has 4 heterocycles. The number of carboxylic acids is 1. The third-order valence-corrected chi connectivity index (χ3v) is 8.90. The Bertz CT molecular complexity index is 1550. The zero-order valence-electron chi connectivity index (χ0n) is 20.9. The molecule has 0 bridgehead atoms. The van der Waals surface area contributed by atoms with Gasteiger partial charge in [-0.25, -0.2) is 14.9 Å². The van der Waals surface area contributed by atoms with Crippen molar-refractivity contribution in [3.8, 4) is 0 Å². The number of amides is 2. The largest absolute Gasteiger partial charge is 0.477 e.